The van der Waals surface area contributed by atoms with Gasteiger partial charge in [-0.3, -0.25) is 14.6 Å². The van der Waals surface area contributed by atoms with E-state index in [9.17, 15) is 14.7 Å². The zero-order valence-corrected chi connectivity index (χ0v) is 15.9. The maximum absolute atomic E-state index is 12.7. The van der Waals surface area contributed by atoms with E-state index in [2.05, 4.69) is 4.98 Å². The van der Waals surface area contributed by atoms with Crippen molar-refractivity contribution in [2.24, 2.45) is 5.92 Å². The molecule has 2 heterocycles. The number of hydrogen-bond donors (Lipinski definition) is 1. The second-order valence-corrected chi connectivity index (χ2v) is 7.21. The molecule has 0 aromatic carbocycles. The highest BCUT2D eigenvalue weighted by atomic mass is 16.5. The van der Waals surface area contributed by atoms with E-state index in [1.165, 1.54) is 4.90 Å². The number of rotatable bonds is 9. The third kappa shape index (κ3) is 4.69. The summed E-state index contributed by atoms with van der Waals surface area (Å²) in [6.45, 7) is 8.66. The summed E-state index contributed by atoms with van der Waals surface area (Å²) in [6, 6.07) is 4.72. The fraction of sp³-hybridized carbons (Fsp3) is 0.550. The maximum atomic E-state index is 12.7. The highest BCUT2D eigenvalue weighted by molar-refractivity contribution is 6.08. The summed E-state index contributed by atoms with van der Waals surface area (Å²) in [7, 11) is 0. The summed E-state index contributed by atoms with van der Waals surface area (Å²) in [5, 5.41) is 10.4. The van der Waals surface area contributed by atoms with Crippen molar-refractivity contribution < 1.29 is 19.4 Å². The molecule has 0 aliphatic carbocycles. The van der Waals surface area contributed by atoms with E-state index in [1.807, 2.05) is 33.8 Å². The Morgan fingerprint density at radius 1 is 1.31 bits per heavy atom. The van der Waals surface area contributed by atoms with Crippen molar-refractivity contribution in [2.45, 2.75) is 52.7 Å². The highest BCUT2D eigenvalue weighted by Gasteiger charge is 2.43. The third-order valence-corrected chi connectivity index (χ3v) is 4.16. The number of hydrogen-bond acceptors (Lipinski definition) is 5. The van der Waals surface area contributed by atoms with Crippen LogP contribution in [0.15, 0.2) is 35.7 Å². The van der Waals surface area contributed by atoms with Crippen LogP contribution in [0.5, 0.6) is 0 Å². The van der Waals surface area contributed by atoms with Gasteiger partial charge in [0.2, 0.25) is 0 Å². The van der Waals surface area contributed by atoms with E-state index in [0.717, 1.165) is 0 Å². The first-order chi connectivity index (χ1) is 12.3. The van der Waals surface area contributed by atoms with Crippen LogP contribution in [-0.4, -0.2) is 45.9 Å². The van der Waals surface area contributed by atoms with Crippen LogP contribution in [-0.2, 0) is 14.3 Å². The van der Waals surface area contributed by atoms with Gasteiger partial charge in [0.15, 0.2) is 11.5 Å². The van der Waals surface area contributed by atoms with Gasteiger partial charge < -0.3 is 14.7 Å². The van der Waals surface area contributed by atoms with Gasteiger partial charge in [0.1, 0.15) is 6.04 Å². The van der Waals surface area contributed by atoms with Crippen molar-refractivity contribution in [3.05, 3.63) is 41.4 Å². The molecule has 0 fully saturated rings. The molecule has 1 unspecified atom stereocenters. The van der Waals surface area contributed by atoms with E-state index in [4.69, 9.17) is 4.74 Å². The van der Waals surface area contributed by atoms with Gasteiger partial charge in [-0.05, 0) is 38.3 Å². The normalized spacial score (nSPS) is 17.7. The number of aromatic nitrogens is 1. The van der Waals surface area contributed by atoms with Crippen molar-refractivity contribution in [3.63, 3.8) is 0 Å². The molecule has 6 heteroatoms. The van der Waals surface area contributed by atoms with Crippen molar-refractivity contribution in [3.8, 4) is 0 Å². The molecule has 0 radical (unpaired) electrons. The Kier molecular flexibility index (Phi) is 6.91. The predicted octanol–water partition coefficient (Wildman–Crippen LogP) is 3.21. The Morgan fingerprint density at radius 3 is 2.62 bits per heavy atom. The predicted molar refractivity (Wildman–Crippen MR) is 98.5 cm³/mol. The van der Waals surface area contributed by atoms with Gasteiger partial charge in [0.25, 0.3) is 5.91 Å². The van der Waals surface area contributed by atoms with Crippen molar-refractivity contribution in [1.29, 1.82) is 0 Å². The summed E-state index contributed by atoms with van der Waals surface area (Å²) in [4.78, 5) is 31.2. The fourth-order valence-electron chi connectivity index (χ4n) is 3.05. The summed E-state index contributed by atoms with van der Waals surface area (Å²) >= 11 is 0. The van der Waals surface area contributed by atoms with Crippen LogP contribution in [0.3, 0.4) is 0 Å². The van der Waals surface area contributed by atoms with E-state index in [0.29, 0.717) is 25.3 Å². The summed E-state index contributed by atoms with van der Waals surface area (Å²) in [5.41, 5.74) is 0.744. The Bertz CT molecular complexity index is 668. The molecular weight excluding hydrogens is 332 g/mol. The Hall–Kier alpha value is -2.21. The summed E-state index contributed by atoms with van der Waals surface area (Å²) in [6.07, 6.45) is 2.64. The zero-order valence-electron chi connectivity index (χ0n) is 15.9. The number of aliphatic hydroxyl groups excluding tert-OH is 1. The fourth-order valence-corrected chi connectivity index (χ4v) is 3.05. The molecule has 26 heavy (non-hydrogen) atoms. The van der Waals surface area contributed by atoms with Gasteiger partial charge >= 0.3 is 0 Å². The number of ether oxygens (including phenoxy) is 1. The molecular formula is C20H28N2O4. The number of pyridine rings is 1. The number of carbonyl (C=O) groups excluding carboxylic acids is 2. The number of carbonyl (C=O) groups is 2. The van der Waals surface area contributed by atoms with E-state index < -0.39 is 17.7 Å². The lowest BCUT2D eigenvalue weighted by atomic mass is 9.94. The minimum absolute atomic E-state index is 0.116. The smallest absolute Gasteiger partial charge is 0.290 e. The Balaban J connectivity index is 2.28. The lowest BCUT2D eigenvalue weighted by molar-refractivity contribution is -0.129. The maximum Gasteiger partial charge on any atom is 0.290 e. The molecule has 1 aliphatic heterocycles. The van der Waals surface area contributed by atoms with Crippen molar-refractivity contribution >= 4 is 11.7 Å². The van der Waals surface area contributed by atoms with Crippen molar-refractivity contribution in [2.75, 3.05) is 13.2 Å². The Labute approximate surface area is 154 Å². The number of nitrogens with zero attached hydrogens (tertiary/aromatic N) is 2. The van der Waals surface area contributed by atoms with Gasteiger partial charge in [-0.15, -0.1) is 0 Å². The van der Waals surface area contributed by atoms with Crippen LogP contribution in [0, 0.1) is 5.92 Å². The summed E-state index contributed by atoms with van der Waals surface area (Å²) < 4.78 is 5.53. The van der Waals surface area contributed by atoms with Gasteiger partial charge in [-0.1, -0.05) is 19.9 Å². The monoisotopic (exact) mass is 360 g/mol. The lowest BCUT2D eigenvalue weighted by Crippen LogP contribution is -2.33. The molecule has 142 valence electrons. The molecule has 1 N–H and O–H groups in total. The first-order valence-corrected chi connectivity index (χ1v) is 9.12. The second kappa shape index (κ2) is 8.94. The highest BCUT2D eigenvalue weighted by Crippen LogP contribution is 2.37. The zero-order chi connectivity index (χ0) is 19.3. The average Bonchev–Trinajstić information content (AvgIpc) is 2.83. The molecule has 2 rings (SSSR count). The molecule has 0 saturated heterocycles. The van der Waals surface area contributed by atoms with E-state index >= 15 is 0 Å². The molecule has 0 saturated carbocycles. The van der Waals surface area contributed by atoms with Crippen LogP contribution in [0.1, 0.15) is 52.3 Å². The number of Topliss-reactive ketones (excluding diaryl/α,β-unsaturated/α-hetero) is 1. The molecule has 1 atom stereocenters. The van der Waals surface area contributed by atoms with Crippen LogP contribution >= 0.6 is 0 Å². The van der Waals surface area contributed by atoms with Crippen LogP contribution < -0.4 is 0 Å². The van der Waals surface area contributed by atoms with E-state index in [1.54, 1.807) is 18.3 Å². The molecule has 0 bridgehead atoms. The molecule has 1 amide bonds. The number of amides is 1. The first kappa shape index (κ1) is 20.1. The Morgan fingerprint density at radius 2 is 2.04 bits per heavy atom. The van der Waals surface area contributed by atoms with Gasteiger partial charge in [0, 0.05) is 25.8 Å². The number of ketones is 1. The third-order valence-electron chi connectivity index (χ3n) is 4.16. The SMILES string of the molecule is CC(C)CC(=O)C1=C(O)C(=O)N(CCCOC(C)C)C1c1ccccn1. The minimum atomic E-state index is -0.644. The van der Waals surface area contributed by atoms with Gasteiger partial charge in [-0.25, -0.2) is 0 Å². The average molecular weight is 360 g/mol. The quantitative estimate of drug-likeness (QED) is 0.684. The molecule has 6 nitrogen and oxygen atoms in total. The largest absolute Gasteiger partial charge is 0.503 e. The van der Waals surface area contributed by atoms with Gasteiger partial charge in [-0.2, -0.15) is 0 Å². The first-order valence-electron chi connectivity index (χ1n) is 9.12. The second-order valence-electron chi connectivity index (χ2n) is 7.21. The molecule has 1 aliphatic rings. The minimum Gasteiger partial charge on any atom is -0.503 e. The van der Waals surface area contributed by atoms with Crippen LogP contribution in [0.4, 0.5) is 0 Å². The molecule has 1 aromatic rings. The summed E-state index contributed by atoms with van der Waals surface area (Å²) in [5.74, 6) is -1.04. The van der Waals surface area contributed by atoms with Crippen LogP contribution in [0.25, 0.3) is 0 Å². The van der Waals surface area contributed by atoms with Crippen LogP contribution in [0.2, 0.25) is 0 Å². The van der Waals surface area contributed by atoms with E-state index in [-0.39, 0.29) is 29.8 Å². The topological polar surface area (TPSA) is 79.7 Å². The lowest BCUT2D eigenvalue weighted by Gasteiger charge is -2.26. The van der Waals surface area contributed by atoms with Gasteiger partial charge in [0.05, 0.1) is 17.4 Å². The number of aliphatic hydroxyl groups is 1. The van der Waals surface area contributed by atoms with Crippen molar-refractivity contribution in [1.82, 2.24) is 9.88 Å². The molecule has 0 spiro atoms. The molecule has 1 aromatic heterocycles. The standard InChI is InChI=1S/C20H28N2O4/c1-13(2)12-16(23)17-18(15-8-5-6-9-21-15)22(20(25)19(17)24)10-7-11-26-14(3)4/h5-6,8-9,13-14,18,24H,7,10-12H2,1-4H3.